The topological polar surface area (TPSA) is 45.9 Å². The van der Waals surface area contributed by atoms with Gasteiger partial charge in [0.2, 0.25) is 0 Å². The monoisotopic (exact) mass is 258 g/mol. The maximum Gasteiger partial charge on any atom is 0.124 e. The highest BCUT2D eigenvalue weighted by Gasteiger charge is 2.09. The Bertz CT molecular complexity index is 584. The van der Waals surface area contributed by atoms with E-state index in [-0.39, 0.29) is 0 Å². The molecule has 0 aliphatic heterocycles. The predicted octanol–water partition coefficient (Wildman–Crippen LogP) is 3.58. The summed E-state index contributed by atoms with van der Waals surface area (Å²) in [4.78, 5) is 5.62. The van der Waals surface area contributed by atoms with Gasteiger partial charge in [-0.3, -0.25) is 0 Å². The van der Waals surface area contributed by atoms with Crippen LogP contribution in [0.4, 0.5) is 0 Å². The number of nitrogens with zero attached hydrogens (tertiary/aromatic N) is 2. The van der Waals surface area contributed by atoms with Crippen LogP contribution in [0.2, 0.25) is 0 Å². The summed E-state index contributed by atoms with van der Waals surface area (Å²) in [5.41, 5.74) is 1.91. The number of hydrogen-bond donors (Lipinski definition) is 0. The number of thiazole rings is 1. The largest absolute Gasteiger partial charge is 0.494 e. The van der Waals surface area contributed by atoms with Crippen molar-refractivity contribution in [2.24, 2.45) is 0 Å². The van der Waals surface area contributed by atoms with Crippen LogP contribution < -0.4 is 4.74 Å². The van der Waals surface area contributed by atoms with Crippen LogP contribution in [-0.4, -0.2) is 11.6 Å². The number of nitriles is 1. The molecule has 0 N–H and O–H groups in total. The summed E-state index contributed by atoms with van der Waals surface area (Å²) in [5, 5.41) is 9.68. The second-order valence-electron chi connectivity index (χ2n) is 3.82. The van der Waals surface area contributed by atoms with E-state index in [1.165, 1.54) is 0 Å². The van der Waals surface area contributed by atoms with Gasteiger partial charge in [-0.1, -0.05) is 12.1 Å². The van der Waals surface area contributed by atoms with Gasteiger partial charge < -0.3 is 4.74 Å². The van der Waals surface area contributed by atoms with Crippen LogP contribution >= 0.6 is 11.3 Å². The van der Waals surface area contributed by atoms with Crippen molar-refractivity contribution < 1.29 is 4.74 Å². The molecule has 1 aromatic carbocycles. The Morgan fingerprint density at radius 3 is 3.00 bits per heavy atom. The maximum atomic E-state index is 8.73. The zero-order valence-electron chi connectivity index (χ0n) is 10.4. The minimum atomic E-state index is 0.369. The zero-order chi connectivity index (χ0) is 13.0. The molecule has 0 fully saturated rings. The van der Waals surface area contributed by atoms with E-state index in [1.54, 1.807) is 11.3 Å². The van der Waals surface area contributed by atoms with Crippen LogP contribution in [-0.2, 0) is 6.42 Å². The first-order chi connectivity index (χ1) is 8.74. The van der Waals surface area contributed by atoms with Gasteiger partial charge in [-0.2, -0.15) is 5.26 Å². The SMILES string of the molecule is CCOc1cccc(-c2nc(CC#N)c(C)s2)c1. The number of benzene rings is 1. The summed E-state index contributed by atoms with van der Waals surface area (Å²) in [7, 11) is 0. The Morgan fingerprint density at radius 1 is 1.44 bits per heavy atom. The minimum Gasteiger partial charge on any atom is -0.494 e. The van der Waals surface area contributed by atoms with Crippen LogP contribution in [0.25, 0.3) is 10.6 Å². The van der Waals surface area contributed by atoms with E-state index in [9.17, 15) is 0 Å². The molecule has 92 valence electrons. The van der Waals surface area contributed by atoms with E-state index in [2.05, 4.69) is 11.1 Å². The van der Waals surface area contributed by atoms with Gasteiger partial charge in [-0.15, -0.1) is 11.3 Å². The van der Waals surface area contributed by atoms with E-state index < -0.39 is 0 Å². The van der Waals surface area contributed by atoms with Crippen molar-refractivity contribution in [3.05, 3.63) is 34.8 Å². The molecule has 18 heavy (non-hydrogen) atoms. The van der Waals surface area contributed by atoms with Gasteiger partial charge in [0.1, 0.15) is 10.8 Å². The lowest BCUT2D eigenvalue weighted by molar-refractivity contribution is 0.340. The lowest BCUT2D eigenvalue weighted by atomic mass is 10.2. The first kappa shape index (κ1) is 12.6. The number of aryl methyl sites for hydroxylation is 1. The fraction of sp³-hybridized carbons (Fsp3) is 0.286. The first-order valence-electron chi connectivity index (χ1n) is 5.81. The minimum absolute atomic E-state index is 0.369. The van der Waals surface area contributed by atoms with Crippen LogP contribution in [0, 0.1) is 18.3 Å². The average Bonchev–Trinajstić information content (AvgIpc) is 2.73. The summed E-state index contributed by atoms with van der Waals surface area (Å²) in [6.07, 6.45) is 0.369. The Kier molecular flexibility index (Phi) is 3.96. The molecule has 0 saturated carbocycles. The van der Waals surface area contributed by atoms with Crippen molar-refractivity contribution in [1.29, 1.82) is 5.26 Å². The van der Waals surface area contributed by atoms with Crippen molar-refractivity contribution in [2.75, 3.05) is 6.61 Å². The number of ether oxygens (including phenoxy) is 1. The third-order valence-electron chi connectivity index (χ3n) is 2.53. The molecule has 0 atom stereocenters. The second-order valence-corrected chi connectivity index (χ2v) is 5.02. The van der Waals surface area contributed by atoms with Crippen LogP contribution in [0.15, 0.2) is 24.3 Å². The summed E-state index contributed by atoms with van der Waals surface area (Å²) in [6.45, 7) is 4.62. The second kappa shape index (κ2) is 5.65. The molecule has 0 bridgehead atoms. The van der Waals surface area contributed by atoms with Crippen molar-refractivity contribution in [3.63, 3.8) is 0 Å². The highest BCUT2D eigenvalue weighted by molar-refractivity contribution is 7.15. The highest BCUT2D eigenvalue weighted by atomic mass is 32.1. The third kappa shape index (κ3) is 2.69. The van der Waals surface area contributed by atoms with E-state index in [1.807, 2.05) is 38.1 Å². The molecule has 0 saturated heterocycles. The zero-order valence-corrected chi connectivity index (χ0v) is 11.3. The summed E-state index contributed by atoms with van der Waals surface area (Å²) >= 11 is 1.62. The smallest absolute Gasteiger partial charge is 0.124 e. The van der Waals surface area contributed by atoms with Gasteiger partial charge in [-0.05, 0) is 26.0 Å². The van der Waals surface area contributed by atoms with Crippen molar-refractivity contribution in [2.45, 2.75) is 20.3 Å². The van der Waals surface area contributed by atoms with Gasteiger partial charge in [0.25, 0.3) is 0 Å². The van der Waals surface area contributed by atoms with Gasteiger partial charge in [0.15, 0.2) is 0 Å². The normalized spacial score (nSPS) is 10.1. The number of aromatic nitrogens is 1. The van der Waals surface area contributed by atoms with E-state index in [4.69, 9.17) is 10.00 Å². The molecular weight excluding hydrogens is 244 g/mol. The molecule has 2 aromatic rings. The van der Waals surface area contributed by atoms with Gasteiger partial charge in [-0.25, -0.2) is 4.98 Å². The van der Waals surface area contributed by atoms with Gasteiger partial charge >= 0.3 is 0 Å². The lowest BCUT2D eigenvalue weighted by Gasteiger charge is -2.03. The highest BCUT2D eigenvalue weighted by Crippen LogP contribution is 2.29. The molecule has 0 amide bonds. The Balaban J connectivity index is 2.33. The Labute approximate surface area is 111 Å². The molecule has 1 heterocycles. The van der Waals surface area contributed by atoms with Crippen LogP contribution in [0.5, 0.6) is 5.75 Å². The predicted molar refractivity (Wildman–Crippen MR) is 72.8 cm³/mol. The summed E-state index contributed by atoms with van der Waals surface area (Å²) in [6, 6.07) is 10.0. The van der Waals surface area contributed by atoms with E-state index >= 15 is 0 Å². The van der Waals surface area contributed by atoms with E-state index in [0.717, 1.165) is 26.9 Å². The maximum absolute atomic E-state index is 8.73. The molecule has 3 nitrogen and oxygen atoms in total. The molecule has 4 heteroatoms. The molecule has 0 unspecified atom stereocenters. The van der Waals surface area contributed by atoms with Crippen LogP contribution in [0.3, 0.4) is 0 Å². The molecular formula is C14H14N2OS. The Hall–Kier alpha value is -1.86. The van der Waals surface area contributed by atoms with Gasteiger partial charge in [0, 0.05) is 10.4 Å². The number of hydrogen-bond acceptors (Lipinski definition) is 4. The molecule has 0 radical (unpaired) electrons. The summed E-state index contributed by atoms with van der Waals surface area (Å²) in [5.74, 6) is 0.852. The van der Waals surface area contributed by atoms with Gasteiger partial charge in [0.05, 0.1) is 24.8 Å². The first-order valence-corrected chi connectivity index (χ1v) is 6.62. The fourth-order valence-electron chi connectivity index (χ4n) is 1.68. The van der Waals surface area contributed by atoms with Crippen molar-refractivity contribution in [3.8, 4) is 22.4 Å². The summed E-state index contributed by atoms with van der Waals surface area (Å²) < 4.78 is 5.48. The quantitative estimate of drug-likeness (QED) is 0.842. The molecule has 1 aromatic heterocycles. The van der Waals surface area contributed by atoms with Crippen molar-refractivity contribution >= 4 is 11.3 Å². The standard InChI is InChI=1S/C14H14N2OS/c1-3-17-12-6-4-5-11(9-12)14-16-13(7-8-15)10(2)18-14/h4-6,9H,3,7H2,1-2H3. The molecule has 0 aliphatic carbocycles. The average molecular weight is 258 g/mol. The molecule has 2 rings (SSSR count). The molecule has 0 aliphatic rings. The fourth-order valence-corrected chi connectivity index (χ4v) is 2.60. The van der Waals surface area contributed by atoms with Crippen LogP contribution in [0.1, 0.15) is 17.5 Å². The third-order valence-corrected chi connectivity index (χ3v) is 3.59. The Morgan fingerprint density at radius 2 is 2.28 bits per heavy atom. The van der Waals surface area contributed by atoms with E-state index in [0.29, 0.717) is 13.0 Å². The number of rotatable bonds is 4. The lowest BCUT2D eigenvalue weighted by Crippen LogP contribution is -1.91. The van der Waals surface area contributed by atoms with Crippen molar-refractivity contribution in [1.82, 2.24) is 4.98 Å². The molecule has 0 spiro atoms.